The van der Waals surface area contributed by atoms with Crippen LogP contribution in [0.4, 0.5) is 5.69 Å². The molecule has 2 rings (SSSR count). The number of ether oxygens (including phenoxy) is 1. The molecule has 7 nitrogen and oxygen atoms in total. The topological polar surface area (TPSA) is 102 Å². The van der Waals surface area contributed by atoms with Gasteiger partial charge in [-0.3, -0.25) is 4.72 Å². The minimum Gasteiger partial charge on any atom is -0.377 e. The van der Waals surface area contributed by atoms with Crippen LogP contribution < -0.4 is 9.44 Å². The van der Waals surface area contributed by atoms with Gasteiger partial charge in [-0.1, -0.05) is 0 Å². The first-order valence-corrected chi connectivity index (χ1v) is 9.83. The van der Waals surface area contributed by atoms with Gasteiger partial charge in [-0.25, -0.2) is 21.6 Å². The van der Waals surface area contributed by atoms with E-state index in [-0.39, 0.29) is 17.5 Å². The number of rotatable bonds is 6. The van der Waals surface area contributed by atoms with Crippen LogP contribution >= 0.6 is 0 Å². The highest BCUT2D eigenvalue weighted by molar-refractivity contribution is 7.92. The molecule has 0 bridgehead atoms. The molecule has 1 aliphatic heterocycles. The third-order valence-corrected chi connectivity index (χ3v) is 5.04. The molecule has 0 aromatic heterocycles. The maximum Gasteiger partial charge on any atom is 0.240 e. The van der Waals surface area contributed by atoms with Crippen molar-refractivity contribution in [1.29, 1.82) is 0 Å². The first-order chi connectivity index (χ1) is 9.76. The minimum absolute atomic E-state index is 0.0778. The number of sulfonamides is 2. The number of hydrogen-bond donors (Lipinski definition) is 2. The lowest BCUT2D eigenvalue weighted by atomic mass is 10.2. The zero-order chi connectivity index (χ0) is 15.5. The second-order valence-corrected chi connectivity index (χ2v) is 8.40. The summed E-state index contributed by atoms with van der Waals surface area (Å²) < 4.78 is 56.4. The summed E-state index contributed by atoms with van der Waals surface area (Å²) in [5.74, 6) is 0. The summed E-state index contributed by atoms with van der Waals surface area (Å²) in [6.07, 6.45) is 2.74. The fourth-order valence-electron chi connectivity index (χ4n) is 2.01. The Hall–Kier alpha value is -1.16. The standard InChI is InChI=1S/C12H18N2O5S2/c1-20(15,16)14-10-4-6-12(7-5-10)21(17,18)13-9-11-3-2-8-19-11/h4-7,11,13-14H,2-3,8-9H2,1H3. The van der Waals surface area contributed by atoms with E-state index in [9.17, 15) is 16.8 Å². The Labute approximate surface area is 124 Å². The van der Waals surface area contributed by atoms with Gasteiger partial charge in [0.25, 0.3) is 0 Å². The summed E-state index contributed by atoms with van der Waals surface area (Å²) in [5, 5.41) is 0. The van der Waals surface area contributed by atoms with Gasteiger partial charge in [0.1, 0.15) is 0 Å². The Morgan fingerprint density at radius 1 is 1.19 bits per heavy atom. The van der Waals surface area contributed by atoms with Crippen LogP contribution in [0, 0.1) is 0 Å². The molecule has 1 unspecified atom stereocenters. The molecule has 118 valence electrons. The van der Waals surface area contributed by atoms with Crippen LogP contribution in [0.2, 0.25) is 0 Å². The summed E-state index contributed by atoms with van der Waals surface area (Å²) in [7, 11) is -6.99. The largest absolute Gasteiger partial charge is 0.377 e. The molecular formula is C12H18N2O5S2. The van der Waals surface area contributed by atoms with Gasteiger partial charge < -0.3 is 4.74 Å². The summed E-state index contributed by atoms with van der Waals surface area (Å²) >= 11 is 0. The average molecular weight is 334 g/mol. The van der Waals surface area contributed by atoms with Crippen LogP contribution in [-0.4, -0.2) is 42.3 Å². The van der Waals surface area contributed by atoms with Crippen molar-refractivity contribution in [2.24, 2.45) is 0 Å². The van der Waals surface area contributed by atoms with Gasteiger partial charge in [0.05, 0.1) is 17.3 Å². The van der Waals surface area contributed by atoms with Crippen molar-refractivity contribution in [3.8, 4) is 0 Å². The van der Waals surface area contributed by atoms with Gasteiger partial charge in [0, 0.05) is 18.8 Å². The Morgan fingerprint density at radius 3 is 2.38 bits per heavy atom. The molecule has 0 aliphatic carbocycles. The van der Waals surface area contributed by atoms with E-state index in [0.29, 0.717) is 12.3 Å². The zero-order valence-electron chi connectivity index (χ0n) is 11.6. The number of anilines is 1. The van der Waals surface area contributed by atoms with Crippen LogP contribution in [-0.2, 0) is 24.8 Å². The minimum atomic E-state index is -3.62. The molecule has 9 heteroatoms. The molecule has 1 aromatic rings. The van der Waals surface area contributed by atoms with Crippen molar-refractivity contribution >= 4 is 25.7 Å². The van der Waals surface area contributed by atoms with Crippen LogP contribution in [0.25, 0.3) is 0 Å². The van der Waals surface area contributed by atoms with E-state index in [1.165, 1.54) is 24.3 Å². The molecule has 21 heavy (non-hydrogen) atoms. The predicted octanol–water partition coefficient (Wildman–Crippen LogP) is 0.515. The van der Waals surface area contributed by atoms with Gasteiger partial charge >= 0.3 is 0 Å². The van der Waals surface area contributed by atoms with Crippen LogP contribution in [0.3, 0.4) is 0 Å². The quantitative estimate of drug-likeness (QED) is 0.789. The number of nitrogens with one attached hydrogen (secondary N) is 2. The van der Waals surface area contributed by atoms with Crippen LogP contribution in [0.5, 0.6) is 0 Å². The van der Waals surface area contributed by atoms with Gasteiger partial charge in [-0.05, 0) is 37.1 Å². The second-order valence-electron chi connectivity index (χ2n) is 4.89. The normalized spacial score (nSPS) is 19.6. The average Bonchev–Trinajstić information content (AvgIpc) is 2.88. The van der Waals surface area contributed by atoms with Gasteiger partial charge in [-0.15, -0.1) is 0 Å². The molecule has 0 radical (unpaired) electrons. The van der Waals surface area contributed by atoms with E-state index >= 15 is 0 Å². The van der Waals surface area contributed by atoms with Crippen LogP contribution in [0.1, 0.15) is 12.8 Å². The summed E-state index contributed by atoms with van der Waals surface area (Å²) in [6.45, 7) is 0.907. The first kappa shape index (κ1) is 16.2. The summed E-state index contributed by atoms with van der Waals surface area (Å²) in [5.41, 5.74) is 0.315. The van der Waals surface area contributed by atoms with E-state index in [1.54, 1.807) is 0 Å². The maximum absolute atomic E-state index is 12.1. The van der Waals surface area contributed by atoms with Crippen LogP contribution in [0.15, 0.2) is 29.2 Å². The SMILES string of the molecule is CS(=O)(=O)Nc1ccc(S(=O)(=O)NCC2CCCO2)cc1. The molecule has 2 N–H and O–H groups in total. The molecule has 1 aromatic carbocycles. The summed E-state index contributed by atoms with van der Waals surface area (Å²) in [4.78, 5) is 0.0829. The monoisotopic (exact) mass is 334 g/mol. The molecule has 1 atom stereocenters. The van der Waals surface area contributed by atoms with Crippen molar-refractivity contribution in [2.75, 3.05) is 24.1 Å². The smallest absolute Gasteiger partial charge is 0.240 e. The fraction of sp³-hybridized carbons (Fsp3) is 0.500. The third kappa shape index (κ3) is 4.95. The lowest BCUT2D eigenvalue weighted by Crippen LogP contribution is -2.31. The Kier molecular flexibility index (Phi) is 4.87. The lowest BCUT2D eigenvalue weighted by molar-refractivity contribution is 0.114. The highest BCUT2D eigenvalue weighted by atomic mass is 32.2. The first-order valence-electron chi connectivity index (χ1n) is 6.45. The molecule has 0 amide bonds. The summed E-state index contributed by atoms with van der Waals surface area (Å²) in [6, 6.07) is 5.51. The van der Waals surface area contributed by atoms with E-state index in [2.05, 4.69) is 9.44 Å². The van der Waals surface area contributed by atoms with Crippen molar-refractivity contribution < 1.29 is 21.6 Å². The molecule has 1 fully saturated rings. The zero-order valence-corrected chi connectivity index (χ0v) is 13.2. The molecule has 1 saturated heterocycles. The fourth-order valence-corrected chi connectivity index (χ4v) is 3.64. The number of hydrogen-bond acceptors (Lipinski definition) is 5. The molecule has 1 aliphatic rings. The molecular weight excluding hydrogens is 316 g/mol. The third-order valence-electron chi connectivity index (χ3n) is 2.99. The second kappa shape index (κ2) is 6.30. The van der Waals surface area contributed by atoms with E-state index in [0.717, 1.165) is 19.1 Å². The lowest BCUT2D eigenvalue weighted by Gasteiger charge is -2.12. The van der Waals surface area contributed by atoms with E-state index in [4.69, 9.17) is 4.74 Å². The highest BCUT2D eigenvalue weighted by Gasteiger charge is 2.20. The van der Waals surface area contributed by atoms with Crippen molar-refractivity contribution in [2.45, 2.75) is 23.8 Å². The predicted molar refractivity (Wildman–Crippen MR) is 79.1 cm³/mol. The van der Waals surface area contributed by atoms with E-state index < -0.39 is 20.0 Å². The van der Waals surface area contributed by atoms with Gasteiger partial charge in [0.2, 0.25) is 20.0 Å². The maximum atomic E-state index is 12.1. The van der Waals surface area contributed by atoms with Gasteiger partial charge in [0.15, 0.2) is 0 Å². The number of benzene rings is 1. The van der Waals surface area contributed by atoms with Gasteiger partial charge in [-0.2, -0.15) is 0 Å². The molecule has 0 spiro atoms. The van der Waals surface area contributed by atoms with Crippen molar-refractivity contribution in [1.82, 2.24) is 4.72 Å². The van der Waals surface area contributed by atoms with Crippen molar-refractivity contribution in [3.63, 3.8) is 0 Å². The highest BCUT2D eigenvalue weighted by Crippen LogP contribution is 2.16. The molecule has 1 heterocycles. The Bertz CT molecular complexity index is 677. The Morgan fingerprint density at radius 2 is 1.86 bits per heavy atom. The van der Waals surface area contributed by atoms with Crippen molar-refractivity contribution in [3.05, 3.63) is 24.3 Å². The van der Waals surface area contributed by atoms with E-state index in [1.807, 2.05) is 0 Å². The molecule has 0 saturated carbocycles. The Balaban J connectivity index is 2.02.